The van der Waals surface area contributed by atoms with E-state index in [9.17, 15) is 29.4 Å². The highest BCUT2D eigenvalue weighted by Crippen LogP contribution is 2.64. The average molecular weight is 536 g/mol. The fourth-order valence-corrected chi connectivity index (χ4v) is 7.54. The largest absolute Gasteiger partial charge is 0.454 e. The Bertz CT molecular complexity index is 1080. The molecule has 4 rings (SSSR count). The van der Waals surface area contributed by atoms with E-state index in [-0.39, 0.29) is 17.8 Å². The van der Waals surface area contributed by atoms with Crippen LogP contribution in [0.15, 0.2) is 11.1 Å². The zero-order valence-corrected chi connectivity index (χ0v) is 23.4. The fraction of sp³-hybridized carbons (Fsp3) is 0.786. The Morgan fingerprint density at radius 3 is 2.42 bits per heavy atom. The Hall–Kier alpha value is -2.30. The molecule has 3 fully saturated rings. The number of esters is 1. The molecule has 0 aromatic heterocycles. The van der Waals surface area contributed by atoms with Gasteiger partial charge < -0.3 is 29.7 Å². The maximum Gasteiger partial charge on any atom is 0.407 e. The normalized spacial score (nSPS) is 41.7. The molecule has 6 unspecified atom stereocenters. The Kier molecular flexibility index (Phi) is 7.11. The van der Waals surface area contributed by atoms with E-state index in [0.717, 1.165) is 6.42 Å². The molecule has 38 heavy (non-hydrogen) atoms. The number of allylic oxidation sites excluding steroid dienone is 1. The molecular weight excluding hydrogens is 494 g/mol. The summed E-state index contributed by atoms with van der Waals surface area (Å²) < 4.78 is 17.8. The van der Waals surface area contributed by atoms with Crippen molar-refractivity contribution in [1.82, 2.24) is 5.32 Å². The topological polar surface area (TPSA) is 148 Å². The van der Waals surface area contributed by atoms with Gasteiger partial charge in [0.1, 0.15) is 23.9 Å². The third kappa shape index (κ3) is 3.78. The zero-order valence-electron chi connectivity index (χ0n) is 23.4. The summed E-state index contributed by atoms with van der Waals surface area (Å²) >= 11 is 0. The molecule has 1 aliphatic heterocycles. The lowest BCUT2D eigenvalue weighted by Crippen LogP contribution is -2.80. The van der Waals surface area contributed by atoms with Crippen LogP contribution >= 0.6 is 0 Å². The van der Waals surface area contributed by atoms with Crippen molar-refractivity contribution in [2.24, 2.45) is 22.7 Å². The maximum absolute atomic E-state index is 14.3. The maximum atomic E-state index is 14.3. The highest BCUT2D eigenvalue weighted by Gasteiger charge is 2.77. The van der Waals surface area contributed by atoms with Crippen molar-refractivity contribution in [2.75, 3.05) is 13.2 Å². The number of fused-ring (bicyclic) bond motifs is 5. The molecular formula is C28H41NO9. The number of ether oxygens (including phenoxy) is 3. The quantitative estimate of drug-likeness (QED) is 0.356. The summed E-state index contributed by atoms with van der Waals surface area (Å²) in [5.41, 5.74) is -5.84. The van der Waals surface area contributed by atoms with Crippen LogP contribution in [-0.2, 0) is 28.6 Å². The number of unbranched alkanes of at least 4 members (excludes halogenated alkanes) is 1. The molecule has 2 saturated carbocycles. The molecule has 2 bridgehead atoms. The van der Waals surface area contributed by atoms with Crippen molar-refractivity contribution in [3.63, 3.8) is 0 Å². The number of rotatable bonds is 5. The summed E-state index contributed by atoms with van der Waals surface area (Å²) in [6, 6.07) is 0. The van der Waals surface area contributed by atoms with Crippen molar-refractivity contribution >= 4 is 23.6 Å². The third-order valence-electron chi connectivity index (χ3n) is 10.0. The van der Waals surface area contributed by atoms with Gasteiger partial charge in [0.25, 0.3) is 0 Å². The number of nitrogens with one attached hydrogen (secondary N) is 1. The first-order chi connectivity index (χ1) is 17.6. The van der Waals surface area contributed by atoms with Crippen LogP contribution in [0.4, 0.5) is 4.79 Å². The fourth-order valence-electron chi connectivity index (χ4n) is 7.54. The highest BCUT2D eigenvalue weighted by atomic mass is 16.6. The number of hydrogen-bond acceptors (Lipinski definition) is 9. The first kappa shape index (κ1) is 28.7. The smallest absolute Gasteiger partial charge is 0.407 e. The molecule has 3 N–H and O–H groups in total. The van der Waals surface area contributed by atoms with Crippen LogP contribution in [0.25, 0.3) is 0 Å². The number of hydrogen-bond donors (Lipinski definition) is 3. The van der Waals surface area contributed by atoms with Gasteiger partial charge in [0, 0.05) is 30.7 Å². The number of alkyl carbamates (subject to hydrolysis) is 1. The first-order valence-electron chi connectivity index (χ1n) is 13.5. The van der Waals surface area contributed by atoms with Crippen LogP contribution < -0.4 is 5.32 Å². The van der Waals surface area contributed by atoms with Crippen LogP contribution in [0.5, 0.6) is 0 Å². The van der Waals surface area contributed by atoms with Gasteiger partial charge in [0.05, 0.1) is 12.5 Å². The van der Waals surface area contributed by atoms with E-state index in [1.807, 2.05) is 13.8 Å². The van der Waals surface area contributed by atoms with Crippen molar-refractivity contribution < 1.29 is 43.6 Å². The molecule has 4 aliphatic rings. The Morgan fingerprint density at radius 1 is 1.21 bits per heavy atom. The van der Waals surface area contributed by atoms with Crippen molar-refractivity contribution in [2.45, 2.75) is 104 Å². The van der Waals surface area contributed by atoms with Crippen LogP contribution in [0.3, 0.4) is 0 Å². The molecule has 0 aromatic rings. The van der Waals surface area contributed by atoms with E-state index in [4.69, 9.17) is 14.2 Å². The van der Waals surface area contributed by atoms with Gasteiger partial charge in [-0.15, -0.1) is 0 Å². The number of aliphatic hydroxyl groups is 2. The van der Waals surface area contributed by atoms with Gasteiger partial charge in [-0.05, 0) is 36.8 Å². The molecule has 8 atom stereocenters. The molecule has 1 saturated heterocycles. The molecule has 10 heteroatoms. The predicted molar refractivity (Wildman–Crippen MR) is 135 cm³/mol. The van der Waals surface area contributed by atoms with Crippen molar-refractivity contribution in [1.29, 1.82) is 0 Å². The van der Waals surface area contributed by atoms with Crippen LogP contribution in [0, 0.1) is 22.7 Å². The van der Waals surface area contributed by atoms with Crippen LogP contribution in [0.2, 0.25) is 0 Å². The summed E-state index contributed by atoms with van der Waals surface area (Å²) in [5.74, 6) is -3.13. The van der Waals surface area contributed by atoms with E-state index in [2.05, 4.69) is 5.32 Å². The van der Waals surface area contributed by atoms with Gasteiger partial charge in [0.15, 0.2) is 17.2 Å². The highest BCUT2D eigenvalue weighted by molar-refractivity contribution is 6.02. The number of carbonyl (C=O) groups is 4. The second-order valence-electron chi connectivity index (χ2n) is 12.3. The molecule has 0 aromatic carbocycles. The summed E-state index contributed by atoms with van der Waals surface area (Å²) in [6.07, 6.45) is -3.04. The second kappa shape index (κ2) is 9.41. The van der Waals surface area contributed by atoms with E-state index in [1.165, 1.54) is 6.92 Å². The molecule has 1 heterocycles. The van der Waals surface area contributed by atoms with Crippen molar-refractivity contribution in [3.8, 4) is 0 Å². The minimum absolute atomic E-state index is 0.0723. The van der Waals surface area contributed by atoms with Gasteiger partial charge in [-0.3, -0.25) is 14.4 Å². The lowest BCUT2D eigenvalue weighted by molar-refractivity contribution is -0.338. The molecule has 10 nitrogen and oxygen atoms in total. The summed E-state index contributed by atoms with van der Waals surface area (Å²) in [7, 11) is 0. The summed E-state index contributed by atoms with van der Waals surface area (Å²) in [5, 5.41) is 26.8. The Balaban J connectivity index is 2.00. The van der Waals surface area contributed by atoms with E-state index in [0.29, 0.717) is 19.4 Å². The van der Waals surface area contributed by atoms with Gasteiger partial charge in [0.2, 0.25) is 0 Å². The Labute approximate surface area is 223 Å². The van der Waals surface area contributed by atoms with Crippen LogP contribution in [0.1, 0.15) is 74.1 Å². The third-order valence-corrected chi connectivity index (χ3v) is 10.0. The lowest BCUT2D eigenvalue weighted by atomic mass is 9.43. The Morgan fingerprint density at radius 2 is 1.87 bits per heavy atom. The molecule has 0 radical (unpaired) electrons. The van der Waals surface area contributed by atoms with Gasteiger partial charge >= 0.3 is 12.1 Å². The van der Waals surface area contributed by atoms with Gasteiger partial charge in [-0.1, -0.05) is 41.0 Å². The minimum Gasteiger partial charge on any atom is -0.454 e. The minimum atomic E-state index is -2.03. The average Bonchev–Trinajstić information content (AvgIpc) is 2.82. The van der Waals surface area contributed by atoms with Gasteiger partial charge in [-0.25, -0.2) is 4.79 Å². The monoisotopic (exact) mass is 535 g/mol. The summed E-state index contributed by atoms with van der Waals surface area (Å²) in [4.78, 5) is 53.2. The van der Waals surface area contributed by atoms with Crippen molar-refractivity contribution in [3.05, 3.63) is 11.1 Å². The molecule has 3 aliphatic carbocycles. The first-order valence-corrected chi connectivity index (χ1v) is 13.5. The standard InChI is InChI=1S/C28H41NO9/c1-8-9-10-29-24(34)37-23-21-26(7,14(2)11-18-27(21,13-36-18)38-16(4)30)22(33)20(32)19-15(3)17(31)12-28(23,35)25(19,5)6/h14,18,20-21,23,32,35H,8-13H2,1-7H3,(H,29,34)/t14-,18?,20?,21?,23?,26+,27?,28?/m0/s1. The number of ketones is 2. The summed E-state index contributed by atoms with van der Waals surface area (Å²) in [6.45, 7) is 11.8. The molecule has 1 amide bonds. The zero-order chi connectivity index (χ0) is 28.4. The molecule has 212 valence electrons. The van der Waals surface area contributed by atoms with Crippen LogP contribution in [-0.4, -0.2) is 76.5 Å². The number of Topliss-reactive ketones (excluding diaryl/α,β-unsaturated/α-hetero) is 2. The molecule has 0 spiro atoms. The number of amides is 1. The second-order valence-corrected chi connectivity index (χ2v) is 12.3. The predicted octanol–water partition coefficient (Wildman–Crippen LogP) is 2.23. The SMILES string of the molecule is CCCCNC(=O)OC1C2C3(OC(C)=O)COC3C[C@H](C)[C@@]2(C)C(=O)C(O)C2=C(C)C(=O)CC1(O)C2(C)C. The number of carbonyl (C=O) groups excluding carboxylic acids is 4. The number of aliphatic hydroxyl groups excluding tert-OH is 1. The van der Waals surface area contributed by atoms with E-state index >= 15 is 0 Å². The van der Waals surface area contributed by atoms with E-state index < -0.39 is 82.2 Å². The van der Waals surface area contributed by atoms with Gasteiger partial charge in [-0.2, -0.15) is 0 Å². The van der Waals surface area contributed by atoms with E-state index in [1.54, 1.807) is 27.7 Å². The lowest BCUT2D eigenvalue weighted by Gasteiger charge is -2.67.